The maximum Gasteiger partial charge on any atom is 0.416 e. The summed E-state index contributed by atoms with van der Waals surface area (Å²) in [6, 6.07) is 5.34. The third-order valence-corrected chi connectivity index (χ3v) is 5.19. The zero-order valence-electron chi connectivity index (χ0n) is 17.3. The van der Waals surface area contributed by atoms with Crippen molar-refractivity contribution >= 4 is 5.91 Å². The molecule has 0 bridgehead atoms. The summed E-state index contributed by atoms with van der Waals surface area (Å²) in [5.41, 5.74) is 0.561. The van der Waals surface area contributed by atoms with Gasteiger partial charge in [0.15, 0.2) is 5.69 Å². The van der Waals surface area contributed by atoms with Gasteiger partial charge in [0.05, 0.1) is 12.1 Å². The van der Waals surface area contributed by atoms with Gasteiger partial charge in [-0.2, -0.15) is 13.2 Å². The quantitative estimate of drug-likeness (QED) is 0.681. The second kappa shape index (κ2) is 9.61. The number of oxazole rings is 1. The maximum absolute atomic E-state index is 12.7. The van der Waals surface area contributed by atoms with Crippen LogP contribution in [-0.2, 0) is 19.3 Å². The Kier molecular flexibility index (Phi) is 7.14. The van der Waals surface area contributed by atoms with Crippen LogP contribution in [0.2, 0.25) is 0 Å². The Morgan fingerprint density at radius 2 is 1.70 bits per heavy atom. The van der Waals surface area contributed by atoms with Gasteiger partial charge in [-0.15, -0.1) is 0 Å². The van der Waals surface area contributed by atoms with Crippen molar-refractivity contribution in [3.05, 3.63) is 53.2 Å². The summed E-state index contributed by atoms with van der Waals surface area (Å²) in [4.78, 5) is 22.6. The van der Waals surface area contributed by atoms with Crippen molar-refractivity contribution in [1.29, 1.82) is 0 Å². The maximum atomic E-state index is 12.7. The van der Waals surface area contributed by atoms with Gasteiger partial charge in [0.25, 0.3) is 5.91 Å². The van der Waals surface area contributed by atoms with Crippen LogP contribution in [-0.4, -0.2) is 65.4 Å². The first kappa shape index (κ1) is 22.3. The molecule has 1 aliphatic rings. The van der Waals surface area contributed by atoms with Crippen LogP contribution < -0.4 is 0 Å². The number of piperazine rings is 1. The van der Waals surface area contributed by atoms with Crippen molar-refractivity contribution in [3.8, 4) is 0 Å². The van der Waals surface area contributed by atoms with E-state index in [0.717, 1.165) is 50.3 Å². The number of hydrogen-bond acceptors (Lipinski definition) is 5. The Labute approximate surface area is 174 Å². The zero-order valence-corrected chi connectivity index (χ0v) is 17.3. The minimum atomic E-state index is -4.31. The number of carbonyl (C=O) groups excluding carboxylic acids is 1. The van der Waals surface area contributed by atoms with Crippen molar-refractivity contribution in [2.75, 3.05) is 39.8 Å². The molecule has 1 aromatic heterocycles. The molecule has 1 aromatic carbocycles. The van der Waals surface area contributed by atoms with Gasteiger partial charge in [-0.25, -0.2) is 4.98 Å². The lowest BCUT2D eigenvalue weighted by Gasteiger charge is -2.34. The molecule has 0 atom stereocenters. The fourth-order valence-corrected chi connectivity index (χ4v) is 3.47. The molecule has 1 saturated heterocycles. The number of alkyl halides is 3. The molecular formula is C21H27F3N4O2. The molecule has 1 amide bonds. The van der Waals surface area contributed by atoms with E-state index in [4.69, 9.17) is 4.42 Å². The molecule has 0 saturated carbocycles. The van der Waals surface area contributed by atoms with E-state index in [-0.39, 0.29) is 5.91 Å². The molecule has 0 unspecified atom stereocenters. The molecule has 3 rings (SSSR count). The van der Waals surface area contributed by atoms with E-state index in [1.807, 2.05) is 6.92 Å². The molecular weight excluding hydrogens is 397 g/mol. The molecule has 1 aliphatic heterocycles. The third kappa shape index (κ3) is 5.82. The average Bonchev–Trinajstić information content (AvgIpc) is 3.17. The van der Waals surface area contributed by atoms with Crippen molar-refractivity contribution in [2.24, 2.45) is 0 Å². The summed E-state index contributed by atoms with van der Waals surface area (Å²) in [6.07, 6.45) is -2.02. The first-order chi connectivity index (χ1) is 14.3. The lowest BCUT2D eigenvalue weighted by Crippen LogP contribution is -2.45. The first-order valence-corrected chi connectivity index (χ1v) is 10.1. The number of benzene rings is 1. The van der Waals surface area contributed by atoms with Crippen LogP contribution in [0.1, 0.15) is 40.9 Å². The van der Waals surface area contributed by atoms with Crippen LogP contribution in [0.3, 0.4) is 0 Å². The Hall–Kier alpha value is -2.39. The summed E-state index contributed by atoms with van der Waals surface area (Å²) >= 11 is 0. The zero-order chi connectivity index (χ0) is 21.7. The predicted molar refractivity (Wildman–Crippen MR) is 106 cm³/mol. The van der Waals surface area contributed by atoms with Gasteiger partial charge in [-0.1, -0.05) is 19.1 Å². The van der Waals surface area contributed by atoms with Crippen molar-refractivity contribution in [3.63, 3.8) is 0 Å². The lowest BCUT2D eigenvalue weighted by molar-refractivity contribution is -0.137. The second-order valence-corrected chi connectivity index (χ2v) is 7.60. The number of halogens is 3. The van der Waals surface area contributed by atoms with E-state index in [1.54, 1.807) is 11.9 Å². The highest BCUT2D eigenvalue weighted by molar-refractivity contribution is 5.91. The van der Waals surface area contributed by atoms with Crippen molar-refractivity contribution < 1.29 is 22.4 Å². The topological polar surface area (TPSA) is 52.8 Å². The van der Waals surface area contributed by atoms with Crippen LogP contribution in [0.15, 0.2) is 34.9 Å². The molecule has 0 spiro atoms. The molecule has 6 nitrogen and oxygen atoms in total. The van der Waals surface area contributed by atoms with E-state index in [0.29, 0.717) is 31.2 Å². The standard InChI is InChI=1S/C21H27F3N4O2/c1-3-8-26(2)20(29)18-15-30-19(25-18)14-28-11-9-27(10-12-28)13-16-4-6-17(7-5-16)21(22,23)24/h4-7,15H,3,8-14H2,1-2H3. The highest BCUT2D eigenvalue weighted by Gasteiger charge is 2.30. The average molecular weight is 424 g/mol. The first-order valence-electron chi connectivity index (χ1n) is 10.1. The summed E-state index contributed by atoms with van der Waals surface area (Å²) < 4.78 is 43.5. The van der Waals surface area contributed by atoms with E-state index in [9.17, 15) is 18.0 Å². The van der Waals surface area contributed by atoms with Gasteiger partial charge in [0, 0.05) is 46.3 Å². The Morgan fingerprint density at radius 1 is 1.10 bits per heavy atom. The van der Waals surface area contributed by atoms with Gasteiger partial charge in [-0.3, -0.25) is 14.6 Å². The Morgan fingerprint density at radius 3 is 2.27 bits per heavy atom. The molecule has 9 heteroatoms. The Bertz CT molecular complexity index is 828. The summed E-state index contributed by atoms with van der Waals surface area (Å²) in [7, 11) is 1.75. The van der Waals surface area contributed by atoms with Crippen LogP contribution in [0.25, 0.3) is 0 Å². The third-order valence-electron chi connectivity index (χ3n) is 5.19. The van der Waals surface area contributed by atoms with Crippen molar-refractivity contribution in [1.82, 2.24) is 19.7 Å². The van der Waals surface area contributed by atoms with Gasteiger partial charge < -0.3 is 9.32 Å². The normalized spacial score (nSPS) is 16.0. The van der Waals surface area contributed by atoms with Gasteiger partial charge in [0.1, 0.15) is 6.26 Å². The fraction of sp³-hybridized carbons (Fsp3) is 0.524. The number of amides is 1. The summed E-state index contributed by atoms with van der Waals surface area (Å²) in [5.74, 6) is 0.368. The molecule has 30 heavy (non-hydrogen) atoms. The molecule has 2 heterocycles. The minimum absolute atomic E-state index is 0.145. The lowest BCUT2D eigenvalue weighted by atomic mass is 10.1. The van der Waals surface area contributed by atoms with Crippen LogP contribution in [0.4, 0.5) is 13.2 Å². The van der Waals surface area contributed by atoms with Crippen LogP contribution >= 0.6 is 0 Å². The number of aromatic nitrogens is 1. The number of nitrogens with zero attached hydrogens (tertiary/aromatic N) is 4. The molecule has 164 valence electrons. The van der Waals surface area contributed by atoms with E-state index in [2.05, 4.69) is 14.8 Å². The molecule has 0 aliphatic carbocycles. The monoisotopic (exact) mass is 424 g/mol. The van der Waals surface area contributed by atoms with E-state index < -0.39 is 11.7 Å². The van der Waals surface area contributed by atoms with Crippen LogP contribution in [0.5, 0.6) is 0 Å². The Balaban J connectivity index is 1.46. The highest BCUT2D eigenvalue weighted by Crippen LogP contribution is 2.29. The van der Waals surface area contributed by atoms with Gasteiger partial charge in [0.2, 0.25) is 5.89 Å². The van der Waals surface area contributed by atoms with E-state index >= 15 is 0 Å². The largest absolute Gasteiger partial charge is 0.447 e. The second-order valence-electron chi connectivity index (χ2n) is 7.60. The smallest absolute Gasteiger partial charge is 0.416 e. The molecule has 0 radical (unpaired) electrons. The minimum Gasteiger partial charge on any atom is -0.447 e. The predicted octanol–water partition coefficient (Wildman–Crippen LogP) is 3.49. The SMILES string of the molecule is CCCN(C)C(=O)c1coc(CN2CCN(Cc3ccc(C(F)(F)F)cc3)CC2)n1. The van der Waals surface area contributed by atoms with E-state index in [1.165, 1.54) is 18.4 Å². The molecule has 1 fully saturated rings. The highest BCUT2D eigenvalue weighted by atomic mass is 19.4. The number of rotatable bonds is 7. The van der Waals surface area contributed by atoms with Crippen molar-refractivity contribution in [2.45, 2.75) is 32.6 Å². The number of carbonyl (C=O) groups is 1. The summed E-state index contributed by atoms with van der Waals surface area (Å²) in [5, 5.41) is 0. The molecule has 2 aromatic rings. The number of hydrogen-bond donors (Lipinski definition) is 0. The van der Waals surface area contributed by atoms with Crippen LogP contribution in [0, 0.1) is 0 Å². The summed E-state index contributed by atoms with van der Waals surface area (Å²) in [6.45, 7) is 7.01. The van der Waals surface area contributed by atoms with Gasteiger partial charge >= 0.3 is 6.18 Å². The van der Waals surface area contributed by atoms with Gasteiger partial charge in [-0.05, 0) is 24.1 Å². The fourth-order valence-electron chi connectivity index (χ4n) is 3.47. The molecule has 0 N–H and O–H groups in total.